The van der Waals surface area contributed by atoms with E-state index in [9.17, 15) is 4.79 Å². The van der Waals surface area contributed by atoms with Gasteiger partial charge in [-0.3, -0.25) is 0 Å². The maximum atomic E-state index is 11.9. The highest BCUT2D eigenvalue weighted by atomic mass is 16.6. The smallest absolute Gasteiger partial charge is 0.343 e. The third-order valence-corrected chi connectivity index (χ3v) is 2.96. The van der Waals surface area contributed by atoms with Gasteiger partial charge in [-0.05, 0) is 5.56 Å². The third-order valence-electron chi connectivity index (χ3n) is 2.96. The molecule has 1 atom stereocenters. The topological polar surface area (TPSA) is 35.5 Å². The molecule has 1 aliphatic carbocycles. The van der Waals surface area contributed by atoms with Crippen LogP contribution in [0.1, 0.15) is 17.5 Å². The van der Waals surface area contributed by atoms with E-state index in [4.69, 9.17) is 9.47 Å². The number of fused-ring (bicyclic) bond motifs is 1. The molecule has 0 saturated carbocycles. The Bertz CT molecular complexity index is 437. The standard InChI is InChI=1S/C13H14O3/c1-15-12(14)13(16-2)9-5-7-10-6-3-4-8-11(10)13/h3-8H,9H2,1-2H3. The average Bonchev–Trinajstić information content (AvgIpc) is 2.37. The molecule has 3 nitrogen and oxygen atoms in total. The summed E-state index contributed by atoms with van der Waals surface area (Å²) in [5.74, 6) is -0.355. The molecule has 0 saturated heterocycles. The second kappa shape index (κ2) is 4.10. The molecule has 1 aromatic carbocycles. The van der Waals surface area contributed by atoms with Crippen molar-refractivity contribution < 1.29 is 14.3 Å². The summed E-state index contributed by atoms with van der Waals surface area (Å²) in [7, 11) is 2.91. The SMILES string of the molecule is COC(=O)C1(OC)CC=Cc2ccccc21. The summed E-state index contributed by atoms with van der Waals surface area (Å²) < 4.78 is 10.3. The number of hydrogen-bond donors (Lipinski definition) is 0. The van der Waals surface area contributed by atoms with E-state index in [1.807, 2.05) is 36.4 Å². The Morgan fingerprint density at radius 1 is 1.31 bits per heavy atom. The summed E-state index contributed by atoms with van der Waals surface area (Å²) in [6.07, 6.45) is 4.44. The first-order valence-corrected chi connectivity index (χ1v) is 5.14. The molecule has 84 valence electrons. The minimum atomic E-state index is -0.986. The van der Waals surface area contributed by atoms with Crippen molar-refractivity contribution in [1.29, 1.82) is 0 Å². The van der Waals surface area contributed by atoms with E-state index < -0.39 is 5.60 Å². The lowest BCUT2D eigenvalue weighted by Crippen LogP contribution is -2.40. The van der Waals surface area contributed by atoms with Crippen LogP contribution in [0.15, 0.2) is 30.3 Å². The fraction of sp³-hybridized carbons (Fsp3) is 0.308. The Morgan fingerprint density at radius 2 is 2.06 bits per heavy atom. The number of benzene rings is 1. The van der Waals surface area contributed by atoms with Crippen LogP contribution in [0.2, 0.25) is 0 Å². The summed E-state index contributed by atoms with van der Waals surface area (Å²) in [6, 6.07) is 7.70. The van der Waals surface area contributed by atoms with Crippen LogP contribution in [0, 0.1) is 0 Å². The molecule has 1 aliphatic rings. The van der Waals surface area contributed by atoms with Crippen molar-refractivity contribution in [3.05, 3.63) is 41.5 Å². The first kappa shape index (κ1) is 10.9. The third kappa shape index (κ3) is 1.44. The number of rotatable bonds is 2. The maximum absolute atomic E-state index is 11.9. The monoisotopic (exact) mass is 218 g/mol. The average molecular weight is 218 g/mol. The molecule has 2 rings (SSSR count). The van der Waals surface area contributed by atoms with Gasteiger partial charge in [0, 0.05) is 19.1 Å². The highest BCUT2D eigenvalue weighted by Gasteiger charge is 2.43. The number of carbonyl (C=O) groups is 1. The van der Waals surface area contributed by atoms with E-state index in [-0.39, 0.29) is 5.97 Å². The van der Waals surface area contributed by atoms with Crippen LogP contribution in [0.3, 0.4) is 0 Å². The second-order valence-corrected chi connectivity index (χ2v) is 3.72. The first-order chi connectivity index (χ1) is 7.74. The number of carbonyl (C=O) groups excluding carboxylic acids is 1. The van der Waals surface area contributed by atoms with Crippen LogP contribution in [-0.4, -0.2) is 20.2 Å². The number of ether oxygens (including phenoxy) is 2. The normalized spacial score (nSPS) is 22.6. The molecule has 0 spiro atoms. The molecule has 0 aliphatic heterocycles. The van der Waals surface area contributed by atoms with Crippen molar-refractivity contribution in [3.63, 3.8) is 0 Å². The fourth-order valence-corrected chi connectivity index (χ4v) is 2.11. The van der Waals surface area contributed by atoms with E-state index in [0.717, 1.165) is 11.1 Å². The van der Waals surface area contributed by atoms with Gasteiger partial charge in [0.15, 0.2) is 5.60 Å². The minimum absolute atomic E-state index is 0.355. The van der Waals surface area contributed by atoms with Crippen LogP contribution in [0.25, 0.3) is 6.08 Å². The van der Waals surface area contributed by atoms with Crippen molar-refractivity contribution in [2.24, 2.45) is 0 Å². The van der Waals surface area contributed by atoms with Crippen LogP contribution < -0.4 is 0 Å². The lowest BCUT2D eigenvalue weighted by molar-refractivity contribution is -0.167. The van der Waals surface area contributed by atoms with Crippen LogP contribution >= 0.6 is 0 Å². The molecular weight excluding hydrogens is 204 g/mol. The molecule has 0 radical (unpaired) electrons. The van der Waals surface area contributed by atoms with Crippen molar-refractivity contribution in [1.82, 2.24) is 0 Å². The highest BCUT2D eigenvalue weighted by Crippen LogP contribution is 2.37. The van der Waals surface area contributed by atoms with Crippen molar-refractivity contribution in [2.45, 2.75) is 12.0 Å². The zero-order valence-corrected chi connectivity index (χ0v) is 9.40. The molecule has 0 N–H and O–H groups in total. The van der Waals surface area contributed by atoms with E-state index in [0.29, 0.717) is 6.42 Å². The van der Waals surface area contributed by atoms with Gasteiger partial charge in [-0.1, -0.05) is 36.4 Å². The molecule has 1 aromatic rings. The van der Waals surface area contributed by atoms with Crippen molar-refractivity contribution in [2.75, 3.05) is 14.2 Å². The zero-order valence-electron chi connectivity index (χ0n) is 9.40. The summed E-state index contributed by atoms with van der Waals surface area (Å²) in [6.45, 7) is 0. The Balaban J connectivity index is 2.57. The molecule has 0 amide bonds. The Hall–Kier alpha value is -1.61. The summed E-state index contributed by atoms with van der Waals surface area (Å²) in [5.41, 5.74) is 0.882. The van der Waals surface area contributed by atoms with E-state index in [1.54, 1.807) is 0 Å². The second-order valence-electron chi connectivity index (χ2n) is 3.72. The molecular formula is C13H14O3. The van der Waals surface area contributed by atoms with Gasteiger partial charge in [0.25, 0.3) is 0 Å². The van der Waals surface area contributed by atoms with E-state index in [2.05, 4.69) is 0 Å². The summed E-state index contributed by atoms with van der Waals surface area (Å²) >= 11 is 0. The van der Waals surface area contributed by atoms with Gasteiger partial charge in [-0.15, -0.1) is 0 Å². The highest BCUT2D eigenvalue weighted by molar-refractivity contribution is 5.84. The lowest BCUT2D eigenvalue weighted by atomic mass is 9.83. The largest absolute Gasteiger partial charge is 0.467 e. The fourth-order valence-electron chi connectivity index (χ4n) is 2.11. The van der Waals surface area contributed by atoms with Crippen LogP contribution in [-0.2, 0) is 19.9 Å². The summed E-state index contributed by atoms with van der Waals surface area (Å²) in [5, 5.41) is 0. The molecule has 0 heterocycles. The van der Waals surface area contributed by atoms with E-state index >= 15 is 0 Å². The van der Waals surface area contributed by atoms with Crippen molar-refractivity contribution >= 4 is 12.0 Å². The number of esters is 1. The van der Waals surface area contributed by atoms with Gasteiger partial charge in [0.2, 0.25) is 0 Å². The Morgan fingerprint density at radius 3 is 2.75 bits per heavy atom. The predicted molar refractivity (Wildman–Crippen MR) is 60.8 cm³/mol. The first-order valence-electron chi connectivity index (χ1n) is 5.14. The maximum Gasteiger partial charge on any atom is 0.343 e. The molecule has 16 heavy (non-hydrogen) atoms. The van der Waals surface area contributed by atoms with E-state index in [1.165, 1.54) is 14.2 Å². The van der Waals surface area contributed by atoms with Gasteiger partial charge in [-0.25, -0.2) is 4.79 Å². The molecule has 3 heteroatoms. The van der Waals surface area contributed by atoms with Gasteiger partial charge < -0.3 is 9.47 Å². The lowest BCUT2D eigenvalue weighted by Gasteiger charge is -2.32. The Labute approximate surface area is 94.7 Å². The predicted octanol–water partition coefficient (Wildman–Crippen LogP) is 2.12. The van der Waals surface area contributed by atoms with Gasteiger partial charge in [-0.2, -0.15) is 0 Å². The number of methoxy groups -OCH3 is 2. The van der Waals surface area contributed by atoms with Crippen LogP contribution in [0.5, 0.6) is 0 Å². The van der Waals surface area contributed by atoms with Crippen molar-refractivity contribution in [3.8, 4) is 0 Å². The van der Waals surface area contributed by atoms with Gasteiger partial charge >= 0.3 is 5.97 Å². The Kier molecular flexibility index (Phi) is 2.79. The zero-order chi connectivity index (χ0) is 11.6. The minimum Gasteiger partial charge on any atom is -0.467 e. The summed E-state index contributed by atoms with van der Waals surface area (Å²) in [4.78, 5) is 11.9. The molecule has 0 aromatic heterocycles. The quantitative estimate of drug-likeness (QED) is 0.713. The molecule has 0 fully saturated rings. The molecule has 0 bridgehead atoms. The van der Waals surface area contributed by atoms with Gasteiger partial charge in [0.05, 0.1) is 7.11 Å². The molecule has 1 unspecified atom stereocenters. The van der Waals surface area contributed by atoms with Gasteiger partial charge in [0.1, 0.15) is 0 Å². The number of hydrogen-bond acceptors (Lipinski definition) is 3. The van der Waals surface area contributed by atoms with Crippen LogP contribution in [0.4, 0.5) is 0 Å².